The molecule has 0 atom stereocenters. The van der Waals surface area contributed by atoms with E-state index in [1.807, 2.05) is 54.1 Å². The number of nitrogens with zero attached hydrogens (tertiary/aromatic N) is 3. The lowest BCUT2D eigenvalue weighted by molar-refractivity contribution is 0.455. The van der Waals surface area contributed by atoms with Crippen molar-refractivity contribution < 1.29 is 5.11 Å². The van der Waals surface area contributed by atoms with Crippen molar-refractivity contribution in [1.82, 2.24) is 15.0 Å². The van der Waals surface area contributed by atoms with Crippen molar-refractivity contribution in [2.45, 2.75) is 0 Å². The van der Waals surface area contributed by atoms with Crippen LogP contribution in [0.1, 0.15) is 11.3 Å². The Morgan fingerprint density at radius 2 is 2.12 bits per heavy atom. The van der Waals surface area contributed by atoms with Crippen LogP contribution >= 0.6 is 11.3 Å². The van der Waals surface area contributed by atoms with E-state index in [0.29, 0.717) is 11.6 Å². The molecule has 0 amide bonds. The highest BCUT2D eigenvalue weighted by Gasteiger charge is 2.08. The summed E-state index contributed by atoms with van der Waals surface area (Å²) in [6.07, 6.45) is 5.60. The second kappa shape index (κ2) is 5.82. The number of imidazole rings is 1. The van der Waals surface area contributed by atoms with Gasteiger partial charge in [0.2, 0.25) is 11.8 Å². The number of nitrogens with one attached hydrogen (secondary N) is 2. The summed E-state index contributed by atoms with van der Waals surface area (Å²) in [4.78, 5) is 15.8. The Labute approximate surface area is 151 Å². The number of thiazole rings is 1. The number of aromatic hydroxyl groups is 1. The molecule has 0 saturated carbocycles. The van der Waals surface area contributed by atoms with Gasteiger partial charge in [-0.3, -0.25) is 4.99 Å². The monoisotopic (exact) mass is 359 g/mol. The molecule has 7 heteroatoms. The number of hydrogen-bond acceptors (Lipinski definition) is 6. The SMILES string of the molecule is Oc1nc(Nc2ccc3ncsc3c2)[nH]c1/C=c1\ccc2c(c1)C=CN=2. The third-order valence-electron chi connectivity index (χ3n) is 4.14. The minimum atomic E-state index is -0.0490. The van der Waals surface area contributed by atoms with Gasteiger partial charge in [-0.25, -0.2) is 4.98 Å². The van der Waals surface area contributed by atoms with Gasteiger partial charge in [-0.05, 0) is 47.7 Å². The van der Waals surface area contributed by atoms with Gasteiger partial charge >= 0.3 is 0 Å². The fourth-order valence-electron chi connectivity index (χ4n) is 2.89. The highest BCUT2D eigenvalue weighted by molar-refractivity contribution is 7.16. The van der Waals surface area contributed by atoms with Gasteiger partial charge in [-0.15, -0.1) is 11.3 Å². The zero-order valence-electron chi connectivity index (χ0n) is 13.5. The Bertz CT molecular complexity index is 1280. The van der Waals surface area contributed by atoms with Crippen molar-refractivity contribution in [2.75, 3.05) is 5.32 Å². The lowest BCUT2D eigenvalue weighted by Crippen LogP contribution is -2.10. The molecule has 0 unspecified atom stereocenters. The Kier molecular flexibility index (Phi) is 3.32. The topological polar surface area (TPSA) is 86.2 Å². The van der Waals surface area contributed by atoms with Crippen LogP contribution in [0.3, 0.4) is 0 Å². The summed E-state index contributed by atoms with van der Waals surface area (Å²) in [7, 11) is 0. The van der Waals surface area contributed by atoms with Gasteiger partial charge in [0, 0.05) is 17.5 Å². The summed E-state index contributed by atoms with van der Waals surface area (Å²) in [6, 6.07) is 11.8. The highest BCUT2D eigenvalue weighted by atomic mass is 32.1. The van der Waals surface area contributed by atoms with Crippen LogP contribution in [-0.2, 0) is 0 Å². The number of fused-ring (bicyclic) bond motifs is 2. The number of rotatable bonds is 3. The average Bonchev–Trinajstić information content (AvgIpc) is 3.35. The minimum Gasteiger partial charge on any atom is -0.492 e. The number of benzene rings is 2. The zero-order chi connectivity index (χ0) is 17.5. The van der Waals surface area contributed by atoms with Crippen LogP contribution in [0.2, 0.25) is 0 Å². The molecule has 0 radical (unpaired) electrons. The van der Waals surface area contributed by atoms with Crippen molar-refractivity contribution in [3.63, 3.8) is 0 Å². The van der Waals surface area contributed by atoms with Gasteiger partial charge < -0.3 is 15.4 Å². The Morgan fingerprint density at radius 1 is 1.15 bits per heavy atom. The number of aromatic nitrogens is 3. The number of H-pyrrole nitrogens is 1. The largest absolute Gasteiger partial charge is 0.492 e. The maximum Gasteiger partial charge on any atom is 0.238 e. The van der Waals surface area contributed by atoms with E-state index in [4.69, 9.17) is 0 Å². The first kappa shape index (κ1) is 14.9. The highest BCUT2D eigenvalue weighted by Crippen LogP contribution is 2.25. The molecular formula is C19H13N5OS. The molecule has 0 saturated heterocycles. The standard InChI is InChI=1S/C19H13N5OS/c25-18-16(8-11-1-3-14-12(7-11)5-6-20-14)23-19(24-18)22-13-2-4-15-17(9-13)26-10-21-15/h1-10,25H,(H2,22,23,24)/b11-8+. The van der Waals surface area contributed by atoms with E-state index in [-0.39, 0.29) is 5.88 Å². The first-order valence-electron chi connectivity index (χ1n) is 8.00. The maximum atomic E-state index is 10.1. The molecule has 0 spiro atoms. The smallest absolute Gasteiger partial charge is 0.238 e. The normalized spacial score (nSPS) is 13.2. The van der Waals surface area contributed by atoms with Crippen LogP contribution in [0, 0.1) is 0 Å². The minimum absolute atomic E-state index is 0.0490. The van der Waals surface area contributed by atoms with E-state index in [0.717, 1.165) is 32.0 Å². The van der Waals surface area contributed by atoms with Crippen LogP contribution < -0.4 is 15.9 Å². The summed E-state index contributed by atoms with van der Waals surface area (Å²) < 4.78 is 1.09. The van der Waals surface area contributed by atoms with Gasteiger partial charge in [0.05, 0.1) is 21.1 Å². The van der Waals surface area contributed by atoms with Crippen LogP contribution in [0.5, 0.6) is 5.88 Å². The summed E-state index contributed by atoms with van der Waals surface area (Å²) >= 11 is 1.58. The summed E-state index contributed by atoms with van der Waals surface area (Å²) in [5.41, 5.74) is 5.28. The molecule has 2 aromatic heterocycles. The molecule has 126 valence electrons. The van der Waals surface area contributed by atoms with Gasteiger partial charge in [0.1, 0.15) is 5.69 Å². The summed E-state index contributed by atoms with van der Waals surface area (Å²) in [5.74, 6) is 0.431. The fourth-order valence-corrected chi connectivity index (χ4v) is 3.60. The molecular weight excluding hydrogens is 346 g/mol. The molecule has 0 bridgehead atoms. The predicted molar refractivity (Wildman–Crippen MR) is 103 cm³/mol. The molecule has 1 aliphatic rings. The second-order valence-corrected chi connectivity index (χ2v) is 6.78. The van der Waals surface area contributed by atoms with E-state index in [9.17, 15) is 5.11 Å². The molecule has 2 aromatic carbocycles. The van der Waals surface area contributed by atoms with Crippen molar-refractivity contribution in [1.29, 1.82) is 0 Å². The number of aromatic amines is 1. The molecule has 5 rings (SSSR count). The number of anilines is 2. The molecule has 0 aliphatic carbocycles. The first-order valence-corrected chi connectivity index (χ1v) is 8.88. The molecule has 26 heavy (non-hydrogen) atoms. The third-order valence-corrected chi connectivity index (χ3v) is 4.93. The van der Waals surface area contributed by atoms with Crippen LogP contribution in [-0.4, -0.2) is 20.1 Å². The van der Waals surface area contributed by atoms with E-state index < -0.39 is 0 Å². The maximum absolute atomic E-state index is 10.1. The van der Waals surface area contributed by atoms with Gasteiger partial charge in [0.15, 0.2) is 0 Å². The molecule has 3 N–H and O–H groups in total. The molecule has 1 aliphatic heterocycles. The van der Waals surface area contributed by atoms with Crippen LogP contribution in [0.4, 0.5) is 11.6 Å². The van der Waals surface area contributed by atoms with Crippen LogP contribution in [0.25, 0.3) is 22.4 Å². The molecule has 6 nitrogen and oxygen atoms in total. The molecule has 3 heterocycles. The molecule has 0 fully saturated rings. The van der Waals surface area contributed by atoms with E-state index in [1.165, 1.54) is 0 Å². The quantitative estimate of drug-likeness (QED) is 0.525. The van der Waals surface area contributed by atoms with Crippen LogP contribution in [0.15, 0.2) is 53.1 Å². The second-order valence-electron chi connectivity index (χ2n) is 5.89. The van der Waals surface area contributed by atoms with Crippen molar-refractivity contribution >= 4 is 45.3 Å². The third kappa shape index (κ3) is 2.64. The van der Waals surface area contributed by atoms with E-state index in [2.05, 4.69) is 25.3 Å². The first-order chi connectivity index (χ1) is 12.7. The van der Waals surface area contributed by atoms with Gasteiger partial charge in [-0.2, -0.15) is 4.98 Å². The van der Waals surface area contributed by atoms with Gasteiger partial charge in [-0.1, -0.05) is 6.07 Å². The fraction of sp³-hybridized carbons (Fsp3) is 0. The molecule has 4 aromatic rings. The lowest BCUT2D eigenvalue weighted by Gasteiger charge is -2.01. The Morgan fingerprint density at radius 3 is 3.08 bits per heavy atom. The zero-order valence-corrected chi connectivity index (χ0v) is 14.3. The summed E-state index contributed by atoms with van der Waals surface area (Å²) in [5, 5.41) is 15.2. The average molecular weight is 359 g/mol. The van der Waals surface area contributed by atoms with E-state index in [1.54, 1.807) is 17.5 Å². The predicted octanol–water partition coefficient (Wildman–Crippen LogP) is 2.90. The van der Waals surface area contributed by atoms with E-state index >= 15 is 0 Å². The van der Waals surface area contributed by atoms with Gasteiger partial charge in [0.25, 0.3) is 0 Å². The Balaban J connectivity index is 1.47. The van der Waals surface area contributed by atoms with Crippen molar-refractivity contribution in [3.8, 4) is 5.88 Å². The summed E-state index contributed by atoms with van der Waals surface area (Å²) in [6.45, 7) is 0. The van der Waals surface area contributed by atoms with Crippen molar-refractivity contribution in [3.05, 3.63) is 69.9 Å². The van der Waals surface area contributed by atoms with Crippen molar-refractivity contribution in [2.24, 2.45) is 4.99 Å². The number of hydrogen-bond donors (Lipinski definition) is 3. The lowest BCUT2D eigenvalue weighted by atomic mass is 10.1. The Hall–Kier alpha value is -3.45.